The maximum atomic E-state index is 12.9. The van der Waals surface area contributed by atoms with E-state index in [0.29, 0.717) is 30.3 Å². The molecule has 0 aliphatic carbocycles. The minimum absolute atomic E-state index is 0.0303. The van der Waals surface area contributed by atoms with E-state index >= 15 is 0 Å². The summed E-state index contributed by atoms with van der Waals surface area (Å²) in [5, 5.41) is 23.2. The first-order chi connectivity index (χ1) is 32.8. The predicted molar refractivity (Wildman–Crippen MR) is 281 cm³/mol. The Hall–Kier alpha value is -2.87. The van der Waals surface area contributed by atoms with E-state index in [9.17, 15) is 19.8 Å². The number of nitrogens with zero attached hydrogens (tertiary/aromatic N) is 2. The summed E-state index contributed by atoms with van der Waals surface area (Å²) in [6.07, 6.45) is 56.0. The maximum absolute atomic E-state index is 12.9. The van der Waals surface area contributed by atoms with Gasteiger partial charge in [-0.25, -0.2) is 9.28 Å². The molecule has 0 saturated carbocycles. The molecule has 0 spiro atoms. The number of carbonyl (C=O) groups is 2. The van der Waals surface area contributed by atoms with Gasteiger partial charge >= 0.3 is 5.97 Å². The van der Waals surface area contributed by atoms with Gasteiger partial charge in [0.05, 0.1) is 25.6 Å². The van der Waals surface area contributed by atoms with Crippen molar-refractivity contribution in [2.45, 2.75) is 296 Å². The molecule has 67 heavy (non-hydrogen) atoms. The largest absolute Gasteiger partial charge is 0.498 e. The monoisotopic (exact) mass is 937 g/mol. The van der Waals surface area contributed by atoms with Crippen molar-refractivity contribution in [1.82, 2.24) is 0 Å². The number of carbonyl (C=O) groups excluding carboxylic acids is 1. The van der Waals surface area contributed by atoms with E-state index in [-0.39, 0.29) is 13.0 Å². The molecule has 0 aromatic heterocycles. The molecule has 1 N–H and O–H groups in total. The molecule has 1 amide bonds. The molecule has 1 aliphatic heterocycles. The second-order valence-corrected chi connectivity index (χ2v) is 20.4. The highest BCUT2D eigenvalue weighted by Gasteiger charge is 2.57. The molecular weight excluding hydrogens is 833 g/mol. The second-order valence-electron chi connectivity index (χ2n) is 20.4. The third-order valence-electron chi connectivity index (χ3n) is 14.5. The van der Waals surface area contributed by atoms with Gasteiger partial charge in [0.15, 0.2) is 0 Å². The molecular formula is C59H104N2O6. The van der Waals surface area contributed by atoms with E-state index in [1.54, 1.807) is 6.92 Å². The number of rotatable bonds is 48. The minimum Gasteiger partial charge on any atom is -0.498 e. The number of ether oxygens (including phenoxy) is 2. The number of aliphatic carboxylic acids is 1. The molecule has 8 heteroatoms. The number of carboxylic acids is 1. The molecule has 1 aliphatic rings. The lowest BCUT2D eigenvalue weighted by atomic mass is 9.90. The zero-order chi connectivity index (χ0) is 48.4. The van der Waals surface area contributed by atoms with Crippen molar-refractivity contribution >= 4 is 18.3 Å². The molecule has 0 radical (unpaired) electrons. The molecule has 0 fully saturated rings. The third kappa shape index (κ3) is 27.2. The number of unbranched alkanes of at least 4 members (excludes halogenated alkanes) is 38. The Morgan fingerprint density at radius 3 is 1.06 bits per heavy atom. The molecule has 0 bridgehead atoms. The van der Waals surface area contributed by atoms with Gasteiger partial charge < -0.3 is 24.5 Å². The maximum Gasteiger partial charge on any atom is 0.372 e. The lowest BCUT2D eigenvalue weighted by Gasteiger charge is -2.46. The lowest BCUT2D eigenvalue weighted by Crippen LogP contribution is -2.71. The van der Waals surface area contributed by atoms with Crippen LogP contribution in [-0.4, -0.2) is 46.6 Å². The van der Waals surface area contributed by atoms with Gasteiger partial charge in [0.2, 0.25) is 5.54 Å². The number of amides is 1. The summed E-state index contributed by atoms with van der Waals surface area (Å²) in [5.74, 6) is -0.0369. The molecule has 0 saturated heterocycles. The van der Waals surface area contributed by atoms with Crippen molar-refractivity contribution in [2.75, 3.05) is 13.2 Å². The van der Waals surface area contributed by atoms with Gasteiger partial charge in [-0.2, -0.15) is 0 Å². The number of hydrogen-bond acceptors (Lipinski definition) is 6. The highest BCUT2D eigenvalue weighted by molar-refractivity contribution is 5.99. The van der Waals surface area contributed by atoms with E-state index in [1.807, 2.05) is 18.2 Å². The smallest absolute Gasteiger partial charge is 0.372 e. The van der Waals surface area contributed by atoms with Crippen molar-refractivity contribution in [3.05, 3.63) is 36.2 Å². The van der Waals surface area contributed by atoms with Crippen LogP contribution < -0.4 is 14.6 Å². The predicted octanol–water partition coefficient (Wildman–Crippen LogP) is 17.5. The van der Waals surface area contributed by atoms with Crippen LogP contribution in [0.25, 0.3) is 0 Å². The summed E-state index contributed by atoms with van der Waals surface area (Å²) in [4.78, 5) is 29.7. The summed E-state index contributed by atoms with van der Waals surface area (Å²) < 4.78 is 11.6. The minimum atomic E-state index is -1.80. The summed E-state index contributed by atoms with van der Waals surface area (Å²) in [7, 11) is 0. The van der Waals surface area contributed by atoms with Crippen molar-refractivity contribution in [3.8, 4) is 11.5 Å². The normalized spacial score (nSPS) is 16.8. The van der Waals surface area contributed by atoms with Crippen LogP contribution in [0, 0.1) is 0 Å². The number of quaternary nitrogens is 1. The van der Waals surface area contributed by atoms with Crippen LogP contribution in [0.2, 0.25) is 0 Å². The average molecular weight is 937 g/mol. The number of hydrogen-bond donors (Lipinski definition) is 1. The number of carboxylic acid groups (broad SMARTS) is 2. The first-order valence-corrected chi connectivity index (χ1v) is 28.8. The zero-order valence-corrected chi connectivity index (χ0v) is 44.0. The Balaban J connectivity index is 1.69. The first-order valence-electron chi connectivity index (χ1n) is 28.8. The van der Waals surface area contributed by atoms with Crippen LogP contribution in [-0.2, 0) is 11.3 Å². The molecule has 1 heterocycles. The van der Waals surface area contributed by atoms with Crippen molar-refractivity contribution in [2.24, 2.45) is 4.99 Å². The molecule has 8 nitrogen and oxygen atoms in total. The summed E-state index contributed by atoms with van der Waals surface area (Å²) in [6.45, 7) is 7.22. The molecule has 1 aromatic carbocycles. The van der Waals surface area contributed by atoms with Gasteiger partial charge in [-0.1, -0.05) is 265 Å². The molecule has 1 aromatic rings. The van der Waals surface area contributed by atoms with E-state index in [2.05, 4.69) is 18.8 Å². The topological polar surface area (TPSA) is 108 Å². The van der Waals surface area contributed by atoms with E-state index in [4.69, 9.17) is 9.47 Å². The van der Waals surface area contributed by atoms with Gasteiger partial charge in [-0.05, 0) is 25.0 Å². The molecule has 2 unspecified atom stereocenters. The van der Waals surface area contributed by atoms with Crippen molar-refractivity contribution < 1.29 is 33.8 Å². The Labute approximate surface area is 412 Å². The fourth-order valence-corrected chi connectivity index (χ4v) is 10.1. The van der Waals surface area contributed by atoms with E-state index in [0.717, 1.165) is 25.7 Å². The number of aliphatic imine (C=N–C) groups is 1. The van der Waals surface area contributed by atoms with E-state index < -0.39 is 22.1 Å². The Kier molecular flexibility index (Phi) is 36.8. The Bertz CT molecular complexity index is 1350. The Morgan fingerprint density at radius 1 is 0.493 bits per heavy atom. The molecule has 2 atom stereocenters. The highest BCUT2D eigenvalue weighted by Crippen LogP contribution is 2.36. The highest BCUT2D eigenvalue weighted by atomic mass is 16.5. The average Bonchev–Trinajstić information content (AvgIpc) is 3.32. The lowest BCUT2D eigenvalue weighted by molar-refractivity contribution is -0.872. The third-order valence-corrected chi connectivity index (χ3v) is 14.5. The van der Waals surface area contributed by atoms with Crippen LogP contribution in [0.4, 0.5) is 4.79 Å². The molecule has 2 rings (SSSR count). The number of benzene rings is 1. The standard InChI is InChI=1S/C59H104N2O6/c1-4-7-9-11-13-15-17-19-21-23-25-27-29-31-33-35-37-39-41-43-47-66-55-49-54(52-61(58(64)65)46-45-60-53-59(61,6-3)57(62)63)50-56(51-55)67-48-44-42-40-38-36-34-32-30-28-26-24-22-20-18-16-14-12-10-8-5-2/h45-46,49-51,53H,4-44,47-48,52H2,1-3H3,(H-,62,63,64,65). The second kappa shape index (κ2) is 41.0. The van der Waals surface area contributed by atoms with Crippen molar-refractivity contribution in [3.63, 3.8) is 0 Å². The van der Waals surface area contributed by atoms with Crippen LogP contribution in [0.3, 0.4) is 0 Å². The summed E-state index contributed by atoms with van der Waals surface area (Å²) in [6, 6.07) is 5.54. The van der Waals surface area contributed by atoms with Gasteiger partial charge in [0.25, 0.3) is 6.09 Å². The van der Waals surface area contributed by atoms with E-state index in [1.165, 1.54) is 250 Å². The van der Waals surface area contributed by atoms with Gasteiger partial charge in [-0.3, -0.25) is 4.99 Å². The first kappa shape index (κ1) is 60.3. The Morgan fingerprint density at radius 2 is 0.791 bits per heavy atom. The quantitative estimate of drug-likeness (QED) is 0.0515. The molecule has 386 valence electrons. The van der Waals surface area contributed by atoms with Crippen LogP contribution in [0.1, 0.15) is 290 Å². The zero-order valence-electron chi connectivity index (χ0n) is 44.0. The van der Waals surface area contributed by atoms with Crippen LogP contribution in [0.5, 0.6) is 11.5 Å². The van der Waals surface area contributed by atoms with Crippen molar-refractivity contribution in [1.29, 1.82) is 0 Å². The SMILES string of the molecule is CCCCCCCCCCCCCCCCCCCCCCOc1cc(C[N+]2(C(=O)[O-])C=CN=CC2(CC)C(=O)O)cc(OCCCCCCCCCCCCCCCCCCCCCC)c1. The fraction of sp³-hybridized carbons (Fsp3) is 0.814. The van der Waals surface area contributed by atoms with Gasteiger partial charge in [0.1, 0.15) is 24.2 Å². The van der Waals surface area contributed by atoms with Gasteiger partial charge in [-0.15, -0.1) is 0 Å². The van der Waals surface area contributed by atoms with Crippen LogP contribution in [0.15, 0.2) is 35.6 Å². The van der Waals surface area contributed by atoms with Crippen LogP contribution >= 0.6 is 0 Å². The summed E-state index contributed by atoms with van der Waals surface area (Å²) >= 11 is 0. The van der Waals surface area contributed by atoms with Gasteiger partial charge in [0, 0.05) is 18.1 Å². The fourth-order valence-electron chi connectivity index (χ4n) is 10.1. The summed E-state index contributed by atoms with van der Waals surface area (Å²) in [5.41, 5.74) is -1.19.